The fourth-order valence-electron chi connectivity index (χ4n) is 4.43. The van der Waals surface area contributed by atoms with Crippen molar-refractivity contribution in [2.75, 3.05) is 22.5 Å². The quantitative estimate of drug-likeness (QED) is 0.313. The highest BCUT2D eigenvalue weighted by Gasteiger charge is 2.34. The molecule has 2 heterocycles. The highest BCUT2D eigenvalue weighted by molar-refractivity contribution is 5.99. The molecule has 0 radical (unpaired) electrons. The summed E-state index contributed by atoms with van der Waals surface area (Å²) in [6, 6.07) is 15.1. The van der Waals surface area contributed by atoms with Gasteiger partial charge in [-0.05, 0) is 48.0 Å². The summed E-state index contributed by atoms with van der Waals surface area (Å²) in [4.78, 5) is 29.2. The van der Waals surface area contributed by atoms with Crippen molar-refractivity contribution in [3.8, 4) is 0 Å². The minimum absolute atomic E-state index is 0.353. The molecule has 1 atom stereocenters. The number of benzene rings is 3. The maximum atomic E-state index is 13.9. The summed E-state index contributed by atoms with van der Waals surface area (Å²) in [5, 5.41) is 8.80. The lowest BCUT2D eigenvalue weighted by Crippen LogP contribution is -2.45. The van der Waals surface area contributed by atoms with E-state index in [2.05, 4.69) is 20.9 Å². The fraction of sp³-hybridized carbons (Fsp3) is 0.192. The molecule has 7 nitrogen and oxygen atoms in total. The fourth-order valence-corrected chi connectivity index (χ4v) is 4.43. The predicted molar refractivity (Wildman–Crippen MR) is 132 cm³/mol. The van der Waals surface area contributed by atoms with E-state index in [4.69, 9.17) is 0 Å². The minimum atomic E-state index is -4.67. The van der Waals surface area contributed by atoms with Crippen molar-refractivity contribution in [3.05, 3.63) is 94.2 Å². The van der Waals surface area contributed by atoms with Crippen LogP contribution in [0.25, 0.3) is 10.9 Å². The Morgan fingerprint density at radius 2 is 1.78 bits per heavy atom. The molecule has 1 aliphatic rings. The SMILES string of the molecule is CC1(c2ccc(NC(=O)Nc3cc(C(F)(F)F)ccc3F)cc2)CNc2c3ccccc3nc(=O)n2C1. The maximum absolute atomic E-state index is 13.9. The molecule has 5 rings (SSSR count). The second-order valence-electron chi connectivity index (χ2n) is 9.11. The molecule has 0 bridgehead atoms. The Kier molecular flexibility index (Phi) is 5.85. The van der Waals surface area contributed by atoms with Crippen LogP contribution in [-0.2, 0) is 18.1 Å². The van der Waals surface area contributed by atoms with Gasteiger partial charge >= 0.3 is 17.9 Å². The Labute approximate surface area is 208 Å². The molecule has 0 spiro atoms. The van der Waals surface area contributed by atoms with Crippen LogP contribution in [0.4, 0.5) is 39.5 Å². The van der Waals surface area contributed by atoms with Crippen LogP contribution in [0.1, 0.15) is 18.1 Å². The topological polar surface area (TPSA) is 88.1 Å². The lowest BCUT2D eigenvalue weighted by atomic mass is 9.81. The third-order valence-corrected chi connectivity index (χ3v) is 6.41. The summed E-state index contributed by atoms with van der Waals surface area (Å²) in [6.45, 7) is 2.92. The Morgan fingerprint density at radius 3 is 2.51 bits per heavy atom. The molecule has 0 saturated heterocycles. The zero-order valence-electron chi connectivity index (χ0n) is 19.5. The van der Waals surface area contributed by atoms with Crippen molar-refractivity contribution in [1.82, 2.24) is 9.55 Å². The van der Waals surface area contributed by atoms with E-state index in [1.54, 1.807) is 34.9 Å². The van der Waals surface area contributed by atoms with E-state index in [9.17, 15) is 27.2 Å². The van der Waals surface area contributed by atoms with Crippen molar-refractivity contribution >= 4 is 34.1 Å². The van der Waals surface area contributed by atoms with Crippen LogP contribution in [0.2, 0.25) is 0 Å². The van der Waals surface area contributed by atoms with Crippen molar-refractivity contribution < 1.29 is 22.4 Å². The molecule has 1 aliphatic heterocycles. The predicted octanol–water partition coefficient (Wildman–Crippen LogP) is 5.58. The number of nitrogens with one attached hydrogen (secondary N) is 3. The first-order chi connectivity index (χ1) is 17.5. The van der Waals surface area contributed by atoms with Gasteiger partial charge in [-0.1, -0.05) is 31.2 Å². The van der Waals surface area contributed by atoms with E-state index in [1.165, 1.54) is 0 Å². The van der Waals surface area contributed by atoms with E-state index in [1.807, 2.05) is 25.1 Å². The molecule has 0 fully saturated rings. The highest BCUT2D eigenvalue weighted by Crippen LogP contribution is 2.34. The summed E-state index contributed by atoms with van der Waals surface area (Å²) in [6.07, 6.45) is -4.67. The normalized spacial score (nSPS) is 17.1. The second kappa shape index (κ2) is 8.91. The van der Waals surface area contributed by atoms with Gasteiger partial charge in [0.1, 0.15) is 11.6 Å². The number of aromatic nitrogens is 2. The van der Waals surface area contributed by atoms with Gasteiger partial charge in [-0.25, -0.2) is 14.0 Å². The number of amides is 2. The van der Waals surface area contributed by atoms with Gasteiger partial charge in [0.25, 0.3) is 0 Å². The van der Waals surface area contributed by atoms with Crippen LogP contribution in [0, 0.1) is 5.82 Å². The first-order valence-electron chi connectivity index (χ1n) is 11.3. The van der Waals surface area contributed by atoms with Gasteiger partial charge in [-0.3, -0.25) is 4.57 Å². The van der Waals surface area contributed by atoms with Crippen LogP contribution in [0.5, 0.6) is 0 Å². The average molecular weight is 511 g/mol. The average Bonchev–Trinajstić information content (AvgIpc) is 2.85. The molecule has 4 aromatic rings. The van der Waals surface area contributed by atoms with Gasteiger partial charge in [0.05, 0.1) is 16.8 Å². The Morgan fingerprint density at radius 1 is 1.05 bits per heavy atom. The summed E-state index contributed by atoms with van der Waals surface area (Å²) < 4.78 is 54.2. The van der Waals surface area contributed by atoms with E-state index in [-0.39, 0.29) is 5.69 Å². The second-order valence-corrected chi connectivity index (χ2v) is 9.11. The summed E-state index contributed by atoms with van der Waals surface area (Å²) in [5.74, 6) is -0.279. The van der Waals surface area contributed by atoms with Crippen LogP contribution >= 0.6 is 0 Å². The van der Waals surface area contributed by atoms with Crippen molar-refractivity contribution in [1.29, 1.82) is 0 Å². The molecule has 3 aromatic carbocycles. The van der Waals surface area contributed by atoms with Gasteiger partial charge in [0, 0.05) is 29.6 Å². The maximum Gasteiger partial charge on any atom is 0.416 e. The highest BCUT2D eigenvalue weighted by atomic mass is 19.4. The van der Waals surface area contributed by atoms with Gasteiger partial charge in [-0.15, -0.1) is 0 Å². The first kappa shape index (κ1) is 24.3. The summed E-state index contributed by atoms with van der Waals surface area (Å²) in [7, 11) is 0. The Bertz CT molecular complexity index is 1570. The number of hydrogen-bond donors (Lipinski definition) is 3. The van der Waals surface area contributed by atoms with Crippen molar-refractivity contribution in [2.24, 2.45) is 0 Å². The molecule has 11 heteroatoms. The van der Waals surface area contributed by atoms with E-state index in [0.29, 0.717) is 48.3 Å². The monoisotopic (exact) mass is 511 g/mol. The summed E-state index contributed by atoms with van der Waals surface area (Å²) in [5.41, 5.74) is -0.630. The number of carbonyl (C=O) groups excluding carboxylic acids is 1. The smallest absolute Gasteiger partial charge is 0.370 e. The third-order valence-electron chi connectivity index (χ3n) is 6.41. The number of rotatable bonds is 3. The van der Waals surface area contributed by atoms with Crippen LogP contribution in [-0.4, -0.2) is 22.1 Å². The molecular formula is C26H21F4N5O2. The van der Waals surface area contributed by atoms with E-state index in [0.717, 1.165) is 10.9 Å². The first-order valence-corrected chi connectivity index (χ1v) is 11.3. The third kappa shape index (κ3) is 4.72. The van der Waals surface area contributed by atoms with Gasteiger partial charge in [-0.2, -0.15) is 18.2 Å². The lowest BCUT2D eigenvalue weighted by molar-refractivity contribution is -0.137. The zero-order valence-corrected chi connectivity index (χ0v) is 19.5. The molecule has 0 saturated carbocycles. The Hall–Kier alpha value is -4.41. The van der Waals surface area contributed by atoms with Gasteiger partial charge < -0.3 is 16.0 Å². The van der Waals surface area contributed by atoms with E-state index >= 15 is 0 Å². The molecule has 3 N–H and O–H groups in total. The Balaban J connectivity index is 1.31. The standard InChI is InChI=1S/C26H21F4N5O2/c1-25(13-31-22-18-4-2-3-5-20(18)34-24(37)35(22)14-25)15-6-9-17(10-7-15)32-23(36)33-21-12-16(26(28,29)30)8-11-19(21)27/h2-12,31H,13-14H2,1H3,(H2,32,33,36). The number of halogens is 4. The molecule has 1 aromatic heterocycles. The number of para-hydroxylation sites is 1. The largest absolute Gasteiger partial charge is 0.416 e. The molecular weight excluding hydrogens is 490 g/mol. The lowest BCUT2D eigenvalue weighted by Gasteiger charge is -2.37. The van der Waals surface area contributed by atoms with Crippen LogP contribution in [0.3, 0.4) is 0 Å². The van der Waals surface area contributed by atoms with Crippen LogP contribution in [0.15, 0.2) is 71.5 Å². The minimum Gasteiger partial charge on any atom is -0.370 e. The zero-order chi connectivity index (χ0) is 26.4. The summed E-state index contributed by atoms with van der Waals surface area (Å²) >= 11 is 0. The molecule has 1 unspecified atom stereocenters. The number of anilines is 3. The number of alkyl halides is 3. The van der Waals surface area contributed by atoms with Gasteiger partial charge in [0.15, 0.2) is 0 Å². The number of urea groups is 1. The number of carbonyl (C=O) groups is 1. The van der Waals surface area contributed by atoms with E-state index < -0.39 is 34.7 Å². The molecule has 190 valence electrons. The number of hydrogen-bond acceptors (Lipinski definition) is 4. The van der Waals surface area contributed by atoms with Crippen molar-refractivity contribution in [3.63, 3.8) is 0 Å². The van der Waals surface area contributed by atoms with Gasteiger partial charge in [0.2, 0.25) is 0 Å². The number of fused-ring (bicyclic) bond motifs is 3. The number of nitrogens with zero attached hydrogens (tertiary/aromatic N) is 2. The molecule has 2 amide bonds. The van der Waals surface area contributed by atoms with Crippen LogP contribution < -0.4 is 21.6 Å². The van der Waals surface area contributed by atoms with Crippen molar-refractivity contribution in [2.45, 2.75) is 25.1 Å². The molecule has 37 heavy (non-hydrogen) atoms. The molecule has 0 aliphatic carbocycles.